The molecule has 10 nitrogen and oxygen atoms in total. The minimum Gasteiger partial charge on any atom is -0.481 e. The Kier molecular flexibility index (Phi) is 38.4. The fourth-order valence-corrected chi connectivity index (χ4v) is 99.8. The molecule has 2 heterocycles. The van der Waals surface area contributed by atoms with Crippen LogP contribution < -0.4 is 0 Å². The molecule has 1 N–H and O–H groups in total. The van der Waals surface area contributed by atoms with Crippen molar-refractivity contribution in [2.75, 3.05) is 7.11 Å². The highest BCUT2D eigenvalue weighted by atomic mass is 33.2. The van der Waals surface area contributed by atoms with Gasteiger partial charge in [-0.1, -0.05) is 122 Å². The molecule has 0 aliphatic carbocycles. The van der Waals surface area contributed by atoms with E-state index >= 15 is 0 Å². The van der Waals surface area contributed by atoms with E-state index in [1.54, 1.807) is 12.2 Å². The van der Waals surface area contributed by atoms with Gasteiger partial charge in [-0.15, -0.1) is 102 Å². The summed E-state index contributed by atoms with van der Waals surface area (Å²) >= 11 is 0. The topological polar surface area (TPSA) is 119 Å². The van der Waals surface area contributed by atoms with Crippen LogP contribution in [0.1, 0.15) is 118 Å². The number of esters is 1. The van der Waals surface area contributed by atoms with E-state index in [4.69, 9.17) is 32.5 Å². The first-order valence-corrected chi connectivity index (χ1v) is 59.5. The van der Waals surface area contributed by atoms with Gasteiger partial charge in [-0.25, -0.2) is 0 Å². The van der Waals surface area contributed by atoms with E-state index in [1.165, 1.54) is 7.11 Å². The Morgan fingerprint density at radius 1 is 0.671 bits per heavy atom. The average molecular weight is 1400 g/mol. The summed E-state index contributed by atoms with van der Waals surface area (Å²) in [7, 11) is 27.3. The minimum absolute atomic E-state index is 0.00961. The molecule has 436 valence electrons. The SMILES string of the molecule is C=C[C@@H]1O[C@H](c2ccccc2)O[C@]1(C)CC[C@@H](CC(=O)O)O[Si](C)(C)C(C)(C)C.C=C[C@@H]1O[C@H](c2ccccc2)O[C@]1(C)CC[C@@H](CC(=O)OC)O[Si](C)(C)C(C)(C)C.PP(P)P(P)P(P)P.PPP(P(P)P)P(P)P. The van der Waals surface area contributed by atoms with Gasteiger partial charge in [0.1, 0.15) is 12.2 Å². The molecular formula is C47H95O10P17Si2. The van der Waals surface area contributed by atoms with Crippen molar-refractivity contribution in [1.82, 2.24) is 0 Å². The van der Waals surface area contributed by atoms with Crippen molar-refractivity contribution in [2.45, 2.75) is 178 Å². The number of carboxylic acids is 1. The first kappa shape index (κ1) is 78.4. The molecule has 2 aliphatic heterocycles. The van der Waals surface area contributed by atoms with E-state index in [0.717, 1.165) is 19.1 Å². The Balaban J connectivity index is 0.000000583. The summed E-state index contributed by atoms with van der Waals surface area (Å²) in [6, 6.07) is 19.7. The fraction of sp³-hybridized carbons (Fsp3) is 0.617. The van der Waals surface area contributed by atoms with E-state index in [2.05, 4.69) is 170 Å². The van der Waals surface area contributed by atoms with Crippen molar-refractivity contribution in [2.24, 2.45) is 0 Å². The van der Waals surface area contributed by atoms with Crippen LogP contribution in [0.2, 0.25) is 36.3 Å². The highest BCUT2D eigenvalue weighted by molar-refractivity contribution is 9.10. The van der Waals surface area contributed by atoms with Crippen LogP contribution in [0.4, 0.5) is 0 Å². The van der Waals surface area contributed by atoms with Crippen molar-refractivity contribution in [1.29, 1.82) is 0 Å². The van der Waals surface area contributed by atoms with Crippen molar-refractivity contribution < 1.29 is 47.2 Å². The van der Waals surface area contributed by atoms with Crippen LogP contribution in [-0.2, 0) is 42.1 Å². The Labute approximate surface area is 493 Å². The predicted molar refractivity (Wildman–Crippen MR) is 386 cm³/mol. The van der Waals surface area contributed by atoms with Crippen LogP contribution in [0.25, 0.3) is 0 Å². The summed E-state index contributed by atoms with van der Waals surface area (Å²) in [5.74, 6) is -1.10. The number of hydrogen-bond donors (Lipinski definition) is 1. The van der Waals surface area contributed by atoms with Gasteiger partial charge in [-0.2, -0.15) is 0 Å². The number of carbonyl (C=O) groups is 2. The van der Waals surface area contributed by atoms with Gasteiger partial charge in [0, 0.05) is 11.1 Å². The number of rotatable bonds is 23. The zero-order valence-corrected chi connectivity index (χ0v) is 67.0. The van der Waals surface area contributed by atoms with E-state index in [9.17, 15) is 14.7 Å². The molecule has 2 aliphatic rings. The third kappa shape index (κ3) is 27.6. The maximum absolute atomic E-state index is 12.0. The Bertz CT molecular complexity index is 2010. The summed E-state index contributed by atoms with van der Waals surface area (Å²) in [5.41, 5.74) is 0.808. The Hall–Kier alpha value is 4.36. The van der Waals surface area contributed by atoms with Crippen LogP contribution in [-0.4, -0.2) is 76.4 Å². The largest absolute Gasteiger partial charge is 0.481 e. The normalized spacial score (nSPS) is 23.0. The van der Waals surface area contributed by atoms with Crippen molar-refractivity contribution in [3.05, 3.63) is 97.1 Å². The molecule has 0 aromatic heterocycles. The molecule has 0 amide bonds. The molecule has 2 aromatic carbocycles. The van der Waals surface area contributed by atoms with Crippen LogP contribution in [0.3, 0.4) is 0 Å². The predicted octanol–water partition coefficient (Wildman–Crippen LogP) is 20.5. The molecule has 0 saturated carbocycles. The molecule has 0 spiro atoms. The third-order valence-corrected chi connectivity index (χ3v) is 105. The zero-order chi connectivity index (χ0) is 58.6. The second-order valence-electron chi connectivity index (χ2n) is 21.6. The van der Waals surface area contributed by atoms with Crippen LogP contribution in [0.5, 0.6) is 0 Å². The second kappa shape index (κ2) is 37.3. The van der Waals surface area contributed by atoms with Crippen molar-refractivity contribution in [3.8, 4) is 0 Å². The highest BCUT2D eigenvalue weighted by Gasteiger charge is 2.48. The number of carbonyl (C=O) groups excluding carboxylic acids is 1. The van der Waals surface area contributed by atoms with E-state index < -0.39 is 46.4 Å². The number of benzene rings is 2. The number of ether oxygens (including phenoxy) is 5. The Morgan fingerprint density at radius 2 is 1.01 bits per heavy atom. The first-order chi connectivity index (χ1) is 34.9. The Morgan fingerprint density at radius 3 is 1.25 bits per heavy atom. The lowest BCUT2D eigenvalue weighted by Crippen LogP contribution is -2.45. The van der Waals surface area contributed by atoms with Gasteiger partial charge >= 0.3 is 11.9 Å². The van der Waals surface area contributed by atoms with E-state index in [0.29, 0.717) is 32.7 Å². The number of carboxylic acid groups (broad SMARTS) is 1. The van der Waals surface area contributed by atoms with Gasteiger partial charge in [0.15, 0.2) is 29.2 Å². The van der Waals surface area contributed by atoms with Gasteiger partial charge in [-0.05, 0) is 118 Å². The van der Waals surface area contributed by atoms with Crippen molar-refractivity contribution >= 4 is 168 Å². The fourth-order valence-electron chi connectivity index (χ4n) is 7.08. The monoisotopic (exact) mass is 1400 g/mol. The maximum atomic E-state index is 12.0. The average Bonchev–Trinajstić information content (AvgIpc) is 3.85. The molecule has 2 aromatic rings. The summed E-state index contributed by atoms with van der Waals surface area (Å²) in [5, 5.41) is 9.46. The summed E-state index contributed by atoms with van der Waals surface area (Å²) in [6.07, 6.45) is 4.39. The van der Waals surface area contributed by atoms with Crippen LogP contribution in [0.15, 0.2) is 86.0 Å². The number of hydrogen-bond acceptors (Lipinski definition) is 9. The lowest BCUT2D eigenvalue weighted by Gasteiger charge is -2.40. The van der Waals surface area contributed by atoms with Gasteiger partial charge in [0.05, 0.1) is 43.4 Å². The van der Waals surface area contributed by atoms with Gasteiger partial charge in [0.2, 0.25) is 0 Å². The molecule has 2 fully saturated rings. The second-order valence-corrected chi connectivity index (χ2v) is 89.9. The minimum atomic E-state index is -2.08. The number of aliphatic carboxylic acids is 1. The summed E-state index contributed by atoms with van der Waals surface area (Å²) < 4.78 is 42.8. The van der Waals surface area contributed by atoms with E-state index in [1.807, 2.05) is 74.5 Å². The standard InChI is InChI=1S/C24H38O5Si.C23H36O5Si.H11P9.H10P8/c1-9-20-24(5,28-22(27-20)18-13-11-10-12-14-18)16-15-19(17-21(25)26-6)29-30(7,8)23(2,3)4;1-8-19-23(5,27-21(26-19)17-12-10-9-11-13-17)15-14-18(16-20(24)25)28-29(6,7)22(2,3)4;1-6-9(7(2)3)8(4)5;1-6(2)8(5)7(3)4/h9-14,19-20,22H,1,15-17H2,2-8H3;8-13,18-19,21H,1,14-16H2,2-7H3,(H,24,25);6H,1-5H2;1-5H2/t19-,20-,22-,24+;18-,19-,21-,23+;;/m00../s1. The molecule has 19 atom stereocenters. The van der Waals surface area contributed by atoms with E-state index in [-0.39, 0.29) is 88.2 Å². The highest BCUT2D eigenvalue weighted by Crippen LogP contribution is 3.04. The maximum Gasteiger partial charge on any atom is 0.308 e. The summed E-state index contributed by atoms with van der Waals surface area (Å²) in [6.45, 7) is 34.8. The molecular weight excluding hydrogens is 1310 g/mol. The molecule has 0 bridgehead atoms. The smallest absolute Gasteiger partial charge is 0.308 e. The first-order valence-electron chi connectivity index (χ1n) is 24.6. The molecule has 2 saturated heterocycles. The number of methoxy groups -OCH3 is 1. The van der Waals surface area contributed by atoms with Crippen molar-refractivity contribution in [3.63, 3.8) is 0 Å². The molecule has 29 heteroatoms. The lowest BCUT2D eigenvalue weighted by atomic mass is 9.91. The third-order valence-electron chi connectivity index (χ3n) is 13.6. The molecule has 4 rings (SSSR count). The zero-order valence-electron chi connectivity index (χ0n) is 47.1. The summed E-state index contributed by atoms with van der Waals surface area (Å²) in [4.78, 5) is 23.5. The van der Waals surface area contributed by atoms with Crippen LogP contribution in [0, 0.1) is 0 Å². The van der Waals surface area contributed by atoms with Gasteiger partial charge in [0.25, 0.3) is 0 Å². The van der Waals surface area contributed by atoms with Gasteiger partial charge in [-0.3, -0.25) is 9.59 Å². The molecule has 76 heavy (non-hydrogen) atoms. The lowest BCUT2D eigenvalue weighted by molar-refractivity contribution is -0.143. The quantitative estimate of drug-likeness (QED) is 0.0499. The molecule has 11 unspecified atom stereocenters. The molecule has 0 radical (unpaired) electrons. The van der Waals surface area contributed by atoms with Crippen LogP contribution >= 0.6 is 139 Å². The van der Waals surface area contributed by atoms with Gasteiger partial charge < -0.3 is 37.6 Å².